The highest BCUT2D eigenvalue weighted by Gasteiger charge is 2.41. The number of nitrogens with two attached hydrogens (primary N) is 1. The summed E-state index contributed by atoms with van der Waals surface area (Å²) in [6, 6.07) is 11.9. The second kappa shape index (κ2) is 6.97. The Morgan fingerprint density at radius 2 is 1.85 bits per heavy atom. The molecule has 1 saturated heterocycles. The molecule has 140 valence electrons. The molecular weight excluding hydrogens is 352 g/mol. The Kier molecular flexibility index (Phi) is 4.46. The Labute approximate surface area is 164 Å². The van der Waals surface area contributed by atoms with E-state index in [2.05, 4.69) is 45.6 Å². The lowest BCUT2D eigenvalue weighted by Gasteiger charge is -2.30. The number of hydrogen-bond acceptors (Lipinski definition) is 5. The van der Waals surface area contributed by atoms with E-state index in [-0.39, 0.29) is 0 Å². The van der Waals surface area contributed by atoms with Gasteiger partial charge in [-0.25, -0.2) is 9.97 Å². The molecule has 0 radical (unpaired) electrons. The normalized spacial score (nSPS) is 23.8. The highest BCUT2D eigenvalue weighted by Crippen LogP contribution is 2.55. The molecule has 2 N–H and O–H groups in total. The molecule has 1 aromatic carbocycles. The van der Waals surface area contributed by atoms with Crippen molar-refractivity contribution in [1.82, 2.24) is 14.9 Å². The van der Waals surface area contributed by atoms with Crippen LogP contribution in [-0.4, -0.2) is 34.0 Å². The first kappa shape index (κ1) is 17.3. The minimum Gasteiger partial charge on any atom is -0.328 e. The average molecular weight is 379 g/mol. The zero-order chi connectivity index (χ0) is 18.4. The van der Waals surface area contributed by atoms with Crippen LogP contribution in [0.3, 0.4) is 0 Å². The van der Waals surface area contributed by atoms with Crippen LogP contribution in [0.15, 0.2) is 35.7 Å². The van der Waals surface area contributed by atoms with E-state index < -0.39 is 0 Å². The Hall–Kier alpha value is -1.82. The highest BCUT2D eigenvalue weighted by molar-refractivity contribution is 7.16. The van der Waals surface area contributed by atoms with Crippen molar-refractivity contribution in [3.05, 3.63) is 58.4 Å². The van der Waals surface area contributed by atoms with E-state index in [0.29, 0.717) is 17.9 Å². The zero-order valence-electron chi connectivity index (χ0n) is 15.8. The quantitative estimate of drug-likeness (QED) is 0.739. The Morgan fingerprint density at radius 3 is 2.63 bits per heavy atom. The van der Waals surface area contributed by atoms with E-state index in [0.717, 1.165) is 43.1 Å². The van der Waals surface area contributed by atoms with Crippen molar-refractivity contribution in [3.8, 4) is 0 Å². The summed E-state index contributed by atoms with van der Waals surface area (Å²) >= 11 is 1.71. The number of aromatic nitrogens is 2. The highest BCUT2D eigenvalue weighted by atomic mass is 32.1. The molecule has 4 nitrogen and oxygen atoms in total. The van der Waals surface area contributed by atoms with Crippen LogP contribution >= 0.6 is 11.3 Å². The predicted molar refractivity (Wildman–Crippen MR) is 111 cm³/mol. The van der Waals surface area contributed by atoms with Crippen LogP contribution in [0.2, 0.25) is 0 Å². The largest absolute Gasteiger partial charge is 0.328 e. The molecule has 5 rings (SSSR count). The molecule has 27 heavy (non-hydrogen) atoms. The second-order valence-corrected chi connectivity index (χ2v) is 8.99. The molecule has 2 fully saturated rings. The fraction of sp³-hybridized carbons (Fsp3) is 0.455. The number of hydrogen-bond donors (Lipinski definition) is 1. The van der Waals surface area contributed by atoms with E-state index in [4.69, 9.17) is 10.7 Å². The monoisotopic (exact) mass is 378 g/mol. The number of piperidine rings is 1. The summed E-state index contributed by atoms with van der Waals surface area (Å²) in [5.74, 6) is 2.03. The van der Waals surface area contributed by atoms with Crippen molar-refractivity contribution in [2.75, 3.05) is 13.1 Å². The molecule has 0 bridgehead atoms. The van der Waals surface area contributed by atoms with Crippen molar-refractivity contribution < 1.29 is 0 Å². The molecule has 5 heteroatoms. The minimum absolute atomic E-state index is 0.399. The number of rotatable bonds is 4. The first-order chi connectivity index (χ1) is 13.2. The Balaban J connectivity index is 1.28. The van der Waals surface area contributed by atoms with Gasteiger partial charge < -0.3 is 5.73 Å². The van der Waals surface area contributed by atoms with Gasteiger partial charge in [-0.3, -0.25) is 4.90 Å². The summed E-state index contributed by atoms with van der Waals surface area (Å²) in [5.41, 5.74) is 10.1. The fourth-order valence-corrected chi connectivity index (χ4v) is 5.19. The summed E-state index contributed by atoms with van der Waals surface area (Å²) in [6.45, 7) is 5.29. The van der Waals surface area contributed by atoms with Crippen LogP contribution in [0.5, 0.6) is 0 Å². The molecule has 3 aromatic rings. The SMILES string of the molecule is Cc1nc(C2CC2c2ccc(CN3CCC(N)CC3)cc2)c2ccsc2n1. The predicted octanol–water partition coefficient (Wildman–Crippen LogP) is 4.19. The molecule has 2 aliphatic rings. The first-order valence-electron chi connectivity index (χ1n) is 9.96. The number of aryl methyl sites for hydroxylation is 1. The van der Waals surface area contributed by atoms with E-state index in [9.17, 15) is 0 Å². The third-order valence-electron chi connectivity index (χ3n) is 6.05. The van der Waals surface area contributed by atoms with Crippen molar-refractivity contribution in [2.45, 2.75) is 50.6 Å². The first-order valence-corrected chi connectivity index (χ1v) is 10.8. The van der Waals surface area contributed by atoms with Gasteiger partial charge in [0.2, 0.25) is 0 Å². The van der Waals surface area contributed by atoms with Crippen LogP contribution in [0.25, 0.3) is 10.2 Å². The molecule has 2 unspecified atom stereocenters. The third kappa shape index (κ3) is 3.51. The van der Waals surface area contributed by atoms with Gasteiger partial charge in [-0.1, -0.05) is 24.3 Å². The smallest absolute Gasteiger partial charge is 0.127 e. The molecular formula is C22H26N4S. The number of fused-ring (bicyclic) bond motifs is 1. The average Bonchev–Trinajstić information content (AvgIpc) is 3.33. The maximum absolute atomic E-state index is 6.01. The number of nitrogens with zero attached hydrogens (tertiary/aromatic N) is 3. The number of likely N-dealkylation sites (tertiary alicyclic amines) is 1. The Morgan fingerprint density at radius 1 is 1.07 bits per heavy atom. The third-order valence-corrected chi connectivity index (χ3v) is 6.86. The van der Waals surface area contributed by atoms with Crippen LogP contribution in [0.4, 0.5) is 0 Å². The lowest BCUT2D eigenvalue weighted by Crippen LogP contribution is -2.39. The van der Waals surface area contributed by atoms with Gasteiger partial charge >= 0.3 is 0 Å². The van der Waals surface area contributed by atoms with E-state index >= 15 is 0 Å². The maximum Gasteiger partial charge on any atom is 0.127 e. The fourth-order valence-electron chi connectivity index (χ4n) is 4.38. The van der Waals surface area contributed by atoms with Gasteiger partial charge in [0.05, 0.1) is 5.69 Å². The van der Waals surface area contributed by atoms with Gasteiger partial charge in [0.25, 0.3) is 0 Å². The van der Waals surface area contributed by atoms with Gasteiger partial charge in [0.1, 0.15) is 10.7 Å². The molecule has 3 heterocycles. The summed E-state index contributed by atoms with van der Waals surface area (Å²) < 4.78 is 0. The summed E-state index contributed by atoms with van der Waals surface area (Å²) in [5, 5.41) is 3.38. The lowest BCUT2D eigenvalue weighted by molar-refractivity contribution is 0.205. The summed E-state index contributed by atoms with van der Waals surface area (Å²) in [6.07, 6.45) is 3.44. The van der Waals surface area contributed by atoms with Crippen molar-refractivity contribution >= 4 is 21.6 Å². The van der Waals surface area contributed by atoms with Gasteiger partial charge in [-0.15, -0.1) is 11.3 Å². The van der Waals surface area contributed by atoms with Crippen LogP contribution in [-0.2, 0) is 6.54 Å². The van der Waals surface area contributed by atoms with Crippen molar-refractivity contribution in [2.24, 2.45) is 5.73 Å². The second-order valence-electron chi connectivity index (χ2n) is 8.10. The molecule has 0 spiro atoms. The van der Waals surface area contributed by atoms with Gasteiger partial charge in [0.15, 0.2) is 0 Å². The zero-order valence-corrected chi connectivity index (χ0v) is 16.6. The molecule has 2 aromatic heterocycles. The molecule has 2 atom stereocenters. The summed E-state index contributed by atoms with van der Waals surface area (Å²) in [7, 11) is 0. The van der Waals surface area contributed by atoms with Crippen LogP contribution < -0.4 is 5.73 Å². The van der Waals surface area contributed by atoms with E-state index in [1.165, 1.54) is 28.6 Å². The van der Waals surface area contributed by atoms with Crippen molar-refractivity contribution in [3.63, 3.8) is 0 Å². The van der Waals surface area contributed by atoms with Gasteiger partial charge in [-0.2, -0.15) is 0 Å². The van der Waals surface area contributed by atoms with Gasteiger partial charge in [0, 0.05) is 23.9 Å². The maximum atomic E-state index is 6.01. The van der Waals surface area contributed by atoms with E-state index in [1.54, 1.807) is 11.3 Å². The lowest BCUT2D eigenvalue weighted by atomic mass is 10.0. The number of thiophene rings is 1. The van der Waals surface area contributed by atoms with Crippen LogP contribution in [0, 0.1) is 6.92 Å². The molecule has 1 aliphatic carbocycles. The number of benzene rings is 1. The van der Waals surface area contributed by atoms with Crippen molar-refractivity contribution in [1.29, 1.82) is 0 Å². The summed E-state index contributed by atoms with van der Waals surface area (Å²) in [4.78, 5) is 13.0. The van der Waals surface area contributed by atoms with Crippen LogP contribution in [0.1, 0.15) is 53.7 Å². The molecule has 1 aliphatic heterocycles. The molecule has 0 amide bonds. The van der Waals surface area contributed by atoms with Gasteiger partial charge in [-0.05, 0) is 67.8 Å². The molecule has 1 saturated carbocycles. The topological polar surface area (TPSA) is 55.0 Å². The standard InChI is InChI=1S/C22H26N4S/c1-14-24-21(18-8-11-27-22(18)25-14)20-12-19(20)16-4-2-15(3-5-16)13-26-9-6-17(23)7-10-26/h2-5,8,11,17,19-20H,6-7,9-10,12-13,23H2,1H3. The minimum atomic E-state index is 0.399. The van der Waals surface area contributed by atoms with E-state index in [1.807, 2.05) is 6.92 Å². The Bertz CT molecular complexity index is 941.